The molecule has 6 rings (SSSR count). The Morgan fingerprint density at radius 2 is 1.36 bits per heavy atom. The molecule has 0 radical (unpaired) electrons. The van der Waals surface area contributed by atoms with E-state index in [2.05, 4.69) is 0 Å². The van der Waals surface area contributed by atoms with Gasteiger partial charge in [-0.05, 0) is 43.2 Å². The molecule has 2 aromatic carbocycles. The van der Waals surface area contributed by atoms with Gasteiger partial charge in [-0.2, -0.15) is 0 Å². The van der Waals surface area contributed by atoms with E-state index in [-0.39, 0.29) is 34.6 Å². The number of allylic oxidation sites excluding steroid dienone is 2. The van der Waals surface area contributed by atoms with Gasteiger partial charge in [-0.25, -0.2) is 0 Å². The molecule has 19 heteroatoms. The predicted octanol–water partition coefficient (Wildman–Crippen LogP) is -1.96. The van der Waals surface area contributed by atoms with Crippen molar-refractivity contribution in [2.75, 3.05) is 6.61 Å². The second-order valence-corrected chi connectivity index (χ2v) is 13.9. The zero-order valence-corrected chi connectivity index (χ0v) is 29.7. The van der Waals surface area contributed by atoms with E-state index in [9.17, 15) is 60.7 Å². The summed E-state index contributed by atoms with van der Waals surface area (Å²) in [5, 5.41) is 106. The van der Waals surface area contributed by atoms with Crippen LogP contribution in [-0.2, 0) is 44.4 Å². The number of carbonyl (C=O) groups excluding carboxylic acids is 2. The maximum Gasteiger partial charge on any atom is 0.303 e. The molecule has 15 unspecified atom stereocenters. The second-order valence-electron chi connectivity index (χ2n) is 13.9. The van der Waals surface area contributed by atoms with Gasteiger partial charge in [0, 0.05) is 25.0 Å². The first-order valence-electron chi connectivity index (χ1n) is 17.4. The minimum atomic E-state index is -1.99. The average molecular weight is 781 g/mol. The summed E-state index contributed by atoms with van der Waals surface area (Å²) in [5.41, 5.74) is 0.498. The number of phenols is 3. The number of carbonyl (C=O) groups is 2. The maximum atomic E-state index is 14.2. The molecule has 0 saturated carbocycles. The van der Waals surface area contributed by atoms with E-state index in [4.69, 9.17) is 33.2 Å². The van der Waals surface area contributed by atoms with Crippen LogP contribution in [-0.4, -0.2) is 162 Å². The van der Waals surface area contributed by atoms with Crippen LogP contribution in [0.4, 0.5) is 0 Å². The van der Waals surface area contributed by atoms with Crippen molar-refractivity contribution in [3.63, 3.8) is 0 Å². The number of aromatic hydroxyl groups is 3. The van der Waals surface area contributed by atoms with Gasteiger partial charge in [0.25, 0.3) is 0 Å². The van der Waals surface area contributed by atoms with Crippen molar-refractivity contribution in [1.29, 1.82) is 0 Å². The van der Waals surface area contributed by atoms with E-state index < -0.39 is 122 Å². The number of hydrogen-bond acceptors (Lipinski definition) is 19. The van der Waals surface area contributed by atoms with Gasteiger partial charge >= 0.3 is 5.97 Å². The summed E-state index contributed by atoms with van der Waals surface area (Å²) in [6, 6.07) is 7.84. The zero-order chi connectivity index (χ0) is 40.0. The molecule has 55 heavy (non-hydrogen) atoms. The van der Waals surface area contributed by atoms with Crippen LogP contribution in [0, 0.1) is 0 Å². The van der Waals surface area contributed by atoms with E-state index in [1.54, 1.807) is 0 Å². The molecule has 0 spiro atoms. The van der Waals surface area contributed by atoms with Crippen molar-refractivity contribution >= 4 is 17.3 Å². The second kappa shape index (κ2) is 16.3. The normalized spacial score (nSPS) is 38.0. The van der Waals surface area contributed by atoms with Crippen molar-refractivity contribution in [1.82, 2.24) is 0 Å². The third-order valence-corrected chi connectivity index (χ3v) is 9.96. The number of fused-ring (bicyclic) bond motifs is 1. The highest BCUT2D eigenvalue weighted by Crippen LogP contribution is 2.41. The van der Waals surface area contributed by atoms with Crippen LogP contribution in [0.3, 0.4) is 0 Å². The van der Waals surface area contributed by atoms with Gasteiger partial charge in [-0.1, -0.05) is 12.1 Å². The summed E-state index contributed by atoms with van der Waals surface area (Å²) in [7, 11) is 0. The first kappa shape index (κ1) is 40.7. The topological polar surface area (TPSA) is 301 Å². The lowest BCUT2D eigenvalue weighted by atomic mass is 9.85. The molecule has 302 valence electrons. The number of esters is 1. The summed E-state index contributed by atoms with van der Waals surface area (Å²) >= 11 is 0. The number of ketones is 1. The van der Waals surface area contributed by atoms with Crippen LogP contribution >= 0.6 is 0 Å². The molecular weight excluding hydrogens is 736 g/mol. The fourth-order valence-electron chi connectivity index (χ4n) is 6.98. The number of benzene rings is 2. The molecule has 10 N–H and O–H groups in total. The summed E-state index contributed by atoms with van der Waals surface area (Å²) in [5.74, 6) is -3.14. The number of aliphatic hydroxyl groups excluding tert-OH is 7. The minimum Gasteiger partial charge on any atom is -0.508 e. The van der Waals surface area contributed by atoms with E-state index >= 15 is 0 Å². The highest BCUT2D eigenvalue weighted by Gasteiger charge is 2.53. The number of hydrogen-bond donors (Lipinski definition) is 10. The Labute approximate surface area is 313 Å². The van der Waals surface area contributed by atoms with Gasteiger partial charge in [-0.3, -0.25) is 9.59 Å². The summed E-state index contributed by atoms with van der Waals surface area (Å²) in [4.78, 5) is 25.8. The summed E-state index contributed by atoms with van der Waals surface area (Å²) in [6.45, 7) is 3.28. The molecule has 3 fully saturated rings. The minimum absolute atomic E-state index is 0.101. The van der Waals surface area contributed by atoms with Crippen molar-refractivity contribution in [3.8, 4) is 17.2 Å². The van der Waals surface area contributed by atoms with Crippen molar-refractivity contribution in [2.24, 2.45) is 0 Å². The molecule has 0 bridgehead atoms. The van der Waals surface area contributed by atoms with E-state index in [0.717, 1.165) is 13.0 Å². The Morgan fingerprint density at radius 1 is 0.727 bits per heavy atom. The van der Waals surface area contributed by atoms with Gasteiger partial charge in [-0.15, -0.1) is 0 Å². The quantitative estimate of drug-likeness (QED) is 0.124. The zero-order valence-electron chi connectivity index (χ0n) is 29.7. The third-order valence-electron chi connectivity index (χ3n) is 9.96. The Kier molecular flexibility index (Phi) is 12.0. The Hall–Kier alpha value is -3.96. The molecular formula is C36H44O19. The Morgan fingerprint density at radius 3 is 2.04 bits per heavy atom. The third kappa shape index (κ3) is 8.15. The van der Waals surface area contributed by atoms with Gasteiger partial charge in [0.05, 0.1) is 24.4 Å². The molecule has 3 saturated heterocycles. The SMILES string of the molecule is CC(=O)OC1C(C)OC(OC2C(OC3=C(c4ccc(O)cc4)Cc4cc(O)cc(O)c4C3=O)OC(COC3OC(C)C(O)C(O)C3O)C(O)C2O)C(O)C1O. The Bertz CT molecular complexity index is 1750. The summed E-state index contributed by atoms with van der Waals surface area (Å²) in [6.07, 6.45) is -24.4. The largest absolute Gasteiger partial charge is 0.508 e. The molecule has 3 aliphatic heterocycles. The van der Waals surface area contributed by atoms with Gasteiger partial charge in [0.1, 0.15) is 66.1 Å². The molecule has 0 aromatic heterocycles. The molecule has 2 aromatic rings. The average Bonchev–Trinajstić information content (AvgIpc) is 3.13. The van der Waals surface area contributed by atoms with Crippen LogP contribution in [0.5, 0.6) is 17.2 Å². The summed E-state index contributed by atoms with van der Waals surface area (Å²) < 4.78 is 40.1. The lowest BCUT2D eigenvalue weighted by Gasteiger charge is -2.46. The highest BCUT2D eigenvalue weighted by molar-refractivity contribution is 6.16. The monoisotopic (exact) mass is 780 g/mol. The lowest BCUT2D eigenvalue weighted by molar-refractivity contribution is -0.365. The molecule has 4 aliphatic rings. The van der Waals surface area contributed by atoms with Crippen LogP contribution in [0.2, 0.25) is 0 Å². The maximum absolute atomic E-state index is 14.2. The highest BCUT2D eigenvalue weighted by atomic mass is 16.8. The van der Waals surface area contributed by atoms with Crippen LogP contribution in [0.1, 0.15) is 42.3 Å². The molecule has 19 nitrogen and oxygen atoms in total. The van der Waals surface area contributed by atoms with Gasteiger partial charge in [0.15, 0.2) is 30.5 Å². The van der Waals surface area contributed by atoms with E-state index in [0.29, 0.717) is 5.56 Å². The molecule has 3 heterocycles. The molecule has 1 aliphatic carbocycles. The van der Waals surface area contributed by atoms with Crippen molar-refractivity contribution in [3.05, 3.63) is 58.8 Å². The first-order valence-corrected chi connectivity index (χ1v) is 17.4. The smallest absolute Gasteiger partial charge is 0.303 e. The van der Waals surface area contributed by atoms with Crippen LogP contribution in [0.25, 0.3) is 5.57 Å². The molecule has 0 amide bonds. The number of phenolic OH excluding ortho intramolecular Hbond substituents is 3. The van der Waals surface area contributed by atoms with Crippen LogP contribution in [0.15, 0.2) is 42.2 Å². The fourth-order valence-corrected chi connectivity index (χ4v) is 6.98. The van der Waals surface area contributed by atoms with Crippen LogP contribution < -0.4 is 0 Å². The Balaban J connectivity index is 1.35. The number of ether oxygens (including phenoxy) is 7. The lowest BCUT2D eigenvalue weighted by Crippen LogP contribution is -2.65. The standard InChI is InChI=1S/C36H44O19/c1-12-23(41)26(44)29(47)34(50-12)49-11-21-24(42)27(45)33(55-35-30(48)28(46)31(13(2)51-35)52-14(3)37)36(53-21)54-32-19(15-4-6-17(38)7-5-15)9-16-8-18(39)10-20(40)22(16)25(32)43/h4-8,10,12-13,21,23-24,26-31,33-36,38-42,44-48H,9,11H2,1-3H3. The molecule has 15 atom stereocenters. The van der Waals surface area contributed by atoms with Gasteiger partial charge in [0.2, 0.25) is 12.1 Å². The van der Waals surface area contributed by atoms with E-state index in [1.165, 1.54) is 44.2 Å². The van der Waals surface area contributed by atoms with Gasteiger partial charge < -0.3 is 84.2 Å². The fraction of sp³-hybridized carbons (Fsp3) is 0.556. The number of aliphatic hydroxyl groups is 7. The first-order chi connectivity index (χ1) is 26.0. The number of Topliss-reactive ketones (excluding diaryl/α,β-unsaturated/α-hetero) is 1. The predicted molar refractivity (Wildman–Crippen MR) is 180 cm³/mol. The van der Waals surface area contributed by atoms with Crippen molar-refractivity contribution in [2.45, 2.75) is 119 Å². The number of rotatable bonds is 9. The van der Waals surface area contributed by atoms with E-state index in [1.807, 2.05) is 0 Å². The van der Waals surface area contributed by atoms with Crippen molar-refractivity contribution < 1.29 is 93.8 Å².